The zero-order valence-corrected chi connectivity index (χ0v) is 69.3. The number of fused-ring (bicyclic) bond motifs is 2. The number of hydrogen-bond acceptors (Lipinski definition) is 24. The summed E-state index contributed by atoms with van der Waals surface area (Å²) in [6.45, 7) is 13.1. The summed E-state index contributed by atoms with van der Waals surface area (Å²) >= 11 is 1.45. The Morgan fingerprint density at radius 3 is 1.90 bits per heavy atom. The van der Waals surface area contributed by atoms with E-state index >= 15 is 4.79 Å². The van der Waals surface area contributed by atoms with Crippen LogP contribution in [0.2, 0.25) is 0 Å². The lowest BCUT2D eigenvalue weighted by Gasteiger charge is -2.35. The maximum atomic E-state index is 15.0. The molecule has 21 N–H and O–H groups in total. The van der Waals surface area contributed by atoms with Gasteiger partial charge >= 0.3 is 6.09 Å². The van der Waals surface area contributed by atoms with Gasteiger partial charge in [-0.15, -0.1) is 0 Å². The molecule has 5 rings (SSSR count). The first kappa shape index (κ1) is 98.2. The van der Waals surface area contributed by atoms with Crippen molar-refractivity contribution in [1.29, 1.82) is 0 Å². The number of rotatable bonds is 42. The zero-order valence-electron chi connectivity index (χ0n) is 68.5. The molecule has 0 radical (unpaired) electrons. The van der Waals surface area contributed by atoms with E-state index in [1.54, 1.807) is 30.3 Å². The van der Waals surface area contributed by atoms with Crippen LogP contribution in [0.5, 0.6) is 5.75 Å². The van der Waals surface area contributed by atoms with Gasteiger partial charge in [-0.05, 0) is 111 Å². The summed E-state index contributed by atoms with van der Waals surface area (Å²) in [6, 6.07) is -1.93. The van der Waals surface area contributed by atoms with Crippen molar-refractivity contribution in [1.82, 2.24) is 68.3 Å². The number of amides is 12. The molecule has 35 nitrogen and oxygen atoms in total. The van der Waals surface area contributed by atoms with E-state index in [1.807, 2.05) is 34.0 Å². The second-order valence-corrected chi connectivity index (χ2v) is 32.8. The Kier molecular flexibility index (Phi) is 42.7. The molecule has 0 aliphatic carbocycles. The summed E-state index contributed by atoms with van der Waals surface area (Å²) in [5.74, 6) is -9.46. The number of aromatic hydroxyl groups is 1. The van der Waals surface area contributed by atoms with Crippen molar-refractivity contribution in [2.24, 2.45) is 29.4 Å². The number of carbonyl (C=O) groups excluding carboxylic acids is 12. The smallest absolute Gasteiger partial charge is 0.407 e. The molecule has 3 fully saturated rings. The van der Waals surface area contributed by atoms with E-state index in [9.17, 15) is 93.6 Å². The zero-order chi connectivity index (χ0) is 85.9. The molecular weight excluding hydrogens is 1530 g/mol. The summed E-state index contributed by atoms with van der Waals surface area (Å²) in [7, 11) is 0. The molecule has 3 aliphatic heterocycles. The minimum absolute atomic E-state index is 0.0138. The number of hydrogen-bond donors (Lipinski definition) is 20. The minimum atomic E-state index is -2.36. The molecule has 0 saturated carbocycles. The number of phenols is 1. The highest BCUT2D eigenvalue weighted by molar-refractivity contribution is 7.98. The monoisotopic (exact) mass is 1650 g/mol. The first-order chi connectivity index (χ1) is 55.1. The Labute approximate surface area is 684 Å². The molecule has 0 aromatic heterocycles. The van der Waals surface area contributed by atoms with Gasteiger partial charge in [-0.1, -0.05) is 136 Å². The normalized spacial score (nSPS) is 23.6. The average Bonchev–Trinajstić information content (AvgIpc) is 1.59. The Hall–Kier alpha value is -8.33. The predicted molar refractivity (Wildman–Crippen MR) is 431 cm³/mol. The number of thioether (sulfide) groups is 1. The number of carbonyl (C=O) groups is 12. The highest BCUT2D eigenvalue weighted by Gasteiger charge is 2.49. The molecule has 3 aliphatic rings. The minimum Gasteiger partial charge on any atom is -0.508 e. The molecule has 0 bridgehead atoms. The summed E-state index contributed by atoms with van der Waals surface area (Å²) in [4.78, 5) is 174. The number of nitrogens with one attached hydrogen (secondary N) is 11. The second kappa shape index (κ2) is 50.4. The Morgan fingerprint density at radius 2 is 1.25 bits per heavy atom. The molecule has 2 aromatic carbocycles. The van der Waals surface area contributed by atoms with E-state index in [4.69, 9.17) is 10.5 Å². The molecule has 3 heterocycles. The third kappa shape index (κ3) is 32.5. The summed E-state index contributed by atoms with van der Waals surface area (Å²) in [5.41, 5.74) is 6.41. The maximum Gasteiger partial charge on any atom is 0.407 e. The van der Waals surface area contributed by atoms with Gasteiger partial charge in [-0.2, -0.15) is 11.8 Å². The van der Waals surface area contributed by atoms with Gasteiger partial charge < -0.3 is 114 Å². The van der Waals surface area contributed by atoms with Crippen LogP contribution >= 0.6 is 11.8 Å². The molecule has 116 heavy (non-hydrogen) atoms. The van der Waals surface area contributed by atoms with E-state index in [-0.39, 0.29) is 94.5 Å². The lowest BCUT2D eigenvalue weighted by molar-refractivity contribution is -0.148. The van der Waals surface area contributed by atoms with Crippen molar-refractivity contribution in [3.8, 4) is 5.75 Å². The number of nitrogens with two attached hydrogens (primary N) is 1. The van der Waals surface area contributed by atoms with E-state index in [0.29, 0.717) is 36.0 Å². The van der Waals surface area contributed by atoms with Crippen LogP contribution in [0.1, 0.15) is 182 Å². The molecule has 36 heteroatoms. The maximum absolute atomic E-state index is 15.0. The van der Waals surface area contributed by atoms with Crippen molar-refractivity contribution in [2.45, 2.75) is 274 Å². The van der Waals surface area contributed by atoms with Gasteiger partial charge in [0.25, 0.3) is 0 Å². The number of benzene rings is 2. The van der Waals surface area contributed by atoms with Gasteiger partial charge in [0.05, 0.1) is 37.1 Å². The number of nitrogens with zero attached hydrogens (tertiary/aromatic N) is 2. The van der Waals surface area contributed by atoms with Gasteiger partial charge in [0.1, 0.15) is 78.5 Å². The predicted octanol–water partition coefficient (Wildman–Crippen LogP) is -0.886. The lowest BCUT2D eigenvalue weighted by Crippen LogP contribution is -2.65. The summed E-state index contributed by atoms with van der Waals surface area (Å²) < 4.78 is 5.27. The van der Waals surface area contributed by atoms with Crippen LogP contribution in [0.25, 0.3) is 0 Å². The summed E-state index contributed by atoms with van der Waals surface area (Å²) in [6.07, 6.45) is -8.02. The quantitative estimate of drug-likeness (QED) is 0.0359. The van der Waals surface area contributed by atoms with Crippen LogP contribution in [0, 0.1) is 23.7 Å². The van der Waals surface area contributed by atoms with Crippen molar-refractivity contribution >= 4 is 82.8 Å². The molecule has 0 spiro atoms. The largest absolute Gasteiger partial charge is 0.508 e. The highest BCUT2D eigenvalue weighted by Crippen LogP contribution is 2.28. The van der Waals surface area contributed by atoms with Crippen LogP contribution in [-0.4, -0.2) is 277 Å². The number of aliphatic hydroxyl groups is 7. The van der Waals surface area contributed by atoms with E-state index in [2.05, 4.69) is 79.3 Å². The lowest BCUT2D eigenvalue weighted by atomic mass is 9.91. The van der Waals surface area contributed by atoms with Gasteiger partial charge in [0.15, 0.2) is 0 Å². The molecule has 3 saturated heterocycles. The van der Waals surface area contributed by atoms with Crippen molar-refractivity contribution in [2.75, 3.05) is 57.9 Å². The molecule has 2 aromatic rings. The van der Waals surface area contributed by atoms with Crippen LogP contribution in [0.15, 0.2) is 54.6 Å². The van der Waals surface area contributed by atoms with E-state index in [1.165, 1.54) is 23.9 Å². The first-order valence-electron chi connectivity index (χ1n) is 40.8. The van der Waals surface area contributed by atoms with E-state index in [0.717, 1.165) is 73.8 Å². The number of alkyl carbamates (subject to hydrolysis) is 1. The molecule has 12 amide bonds. The number of phenolic OH excluding ortho intramolecular Hbond substituents is 1. The number of aliphatic hydroxyl groups excluding tert-OH is 7. The molecular formula is C80H130N14O21S. The van der Waals surface area contributed by atoms with Crippen LogP contribution in [0.4, 0.5) is 4.79 Å². The van der Waals surface area contributed by atoms with Gasteiger partial charge in [-0.3, -0.25) is 58.1 Å². The Bertz CT molecular complexity index is 3460. The van der Waals surface area contributed by atoms with Crippen molar-refractivity contribution < 1.29 is 103 Å². The highest BCUT2D eigenvalue weighted by atomic mass is 32.2. The third-order valence-corrected chi connectivity index (χ3v) is 21.5. The standard InChI is InChI=1S/C80H130N14O21S/c1-10-47(6)39-48(7)20-16-13-11-12-14-19-23-63(102)85-57-42-61(100)70(83-35-34-82-62(101)29-33-84-71(105)56(40-50-21-17-15-18-22-50)87-73(107)55(38-45(2)3)86-72(106)54(31-37-116-9)88-80(114)115-44-46(4)5)92-77(111)67-60(99)30-36-93(67)79(113)65(59(98)28-32-81)90-76(110)66(69(104)68(103)51-24-26-52(96)27-25-51)91-75(109)58-41-53(97)43-94(58)78(112)64(49(8)95)89-74(57)108/h15,17-18,21-22,24-27,45-49,53-61,64-70,83,95-100,103-104H,10-14,16,19-20,23,28-44,81H2,1-9H3,(H,82,101)(H,84,105)(H,85,102)(H,86,106)(H,87,107)(H,88,114)(H,89,108)(H,90,110)(H,91,109)(H,92,111)/t47-,48+,49+,53+,54-,55-,56-,57-,58-,59+,60-,61+,64-,65-,66-,67-,68-,69-,70-/m0/s1. The Balaban J connectivity index is 1.45. The van der Waals surface area contributed by atoms with Crippen LogP contribution < -0.4 is 64.2 Å². The fourth-order valence-corrected chi connectivity index (χ4v) is 14.7. The molecule has 652 valence electrons. The fraction of sp³-hybridized carbons (Fsp3) is 0.700. The van der Waals surface area contributed by atoms with Crippen LogP contribution in [-0.2, 0) is 63.9 Å². The number of unbranched alkanes of at least 4 members (excludes halogenated alkanes) is 5. The molecule has 19 atom stereocenters. The topological polar surface area (TPSA) is 541 Å². The van der Waals surface area contributed by atoms with Crippen LogP contribution in [0.3, 0.4) is 0 Å². The average molecular weight is 1660 g/mol. The molecule has 0 unspecified atom stereocenters. The van der Waals surface area contributed by atoms with Gasteiger partial charge in [0, 0.05) is 64.8 Å². The Morgan fingerprint density at radius 1 is 0.612 bits per heavy atom. The van der Waals surface area contributed by atoms with Crippen molar-refractivity contribution in [3.05, 3.63) is 65.7 Å². The SMILES string of the molecule is CC[C@H](C)C[C@H](C)CCCCCCCCC(=O)N[C@H]1C[C@@H](O)[C@@H](NCCNC(=O)CCNC(=O)[C@H](Cc2ccccc2)NC(=O)[C@H](CC(C)C)NC(=O)[C@H](CCSC)NC(=O)OCC(C)C)NC(=O)[C@@H]2[C@@H](O)CCN2C(=O)[C@H]([C@H](O)CCN)NC(=O)[C@H]([C@H](O)[C@@H](O)c2ccc(O)cc2)NC(=O)[C@@H]2C[C@@H](O)CN2C(=O)[C@H]([C@@H](C)O)NC1=O. The van der Waals surface area contributed by atoms with E-state index < -0.39 is 207 Å². The van der Waals surface area contributed by atoms with Gasteiger partial charge in [0.2, 0.25) is 65.0 Å². The van der Waals surface area contributed by atoms with Crippen molar-refractivity contribution in [3.63, 3.8) is 0 Å². The second-order valence-electron chi connectivity index (χ2n) is 31.8. The number of ether oxygens (including phenoxy) is 1. The van der Waals surface area contributed by atoms with Gasteiger partial charge in [-0.25, -0.2) is 4.79 Å². The third-order valence-electron chi connectivity index (χ3n) is 20.9. The summed E-state index contributed by atoms with van der Waals surface area (Å²) in [5, 5.41) is 120. The first-order valence-corrected chi connectivity index (χ1v) is 42.2. The fourth-order valence-electron chi connectivity index (χ4n) is 14.2.